The molecule has 0 saturated heterocycles. The lowest BCUT2D eigenvalue weighted by atomic mass is 10.2. The van der Waals surface area contributed by atoms with Gasteiger partial charge in [-0.3, -0.25) is 0 Å². The zero-order chi connectivity index (χ0) is 12.3. The lowest BCUT2D eigenvalue weighted by Crippen LogP contribution is -2.10. The Morgan fingerprint density at radius 1 is 1.47 bits per heavy atom. The SMILES string of the molecule is CNCCc1ncc(-c2ccc(Br)c(F)c2)o1. The zero-order valence-corrected chi connectivity index (χ0v) is 10.9. The molecule has 0 aliphatic rings. The molecule has 1 aromatic carbocycles. The van der Waals surface area contributed by atoms with E-state index in [1.54, 1.807) is 18.3 Å². The molecule has 0 aliphatic heterocycles. The Hall–Kier alpha value is -1.20. The van der Waals surface area contributed by atoms with Crippen molar-refractivity contribution < 1.29 is 8.81 Å². The van der Waals surface area contributed by atoms with Crippen molar-refractivity contribution in [1.82, 2.24) is 10.3 Å². The van der Waals surface area contributed by atoms with Crippen molar-refractivity contribution in [2.75, 3.05) is 13.6 Å². The fourth-order valence-corrected chi connectivity index (χ4v) is 1.69. The molecular weight excluding hydrogens is 287 g/mol. The van der Waals surface area contributed by atoms with Crippen LogP contribution in [0.5, 0.6) is 0 Å². The molecule has 17 heavy (non-hydrogen) atoms. The standard InChI is InChI=1S/C12H12BrFN2O/c1-15-5-4-12-16-7-11(17-12)8-2-3-9(13)10(14)6-8/h2-3,6-7,15H,4-5H2,1H3. The highest BCUT2D eigenvalue weighted by atomic mass is 79.9. The van der Waals surface area contributed by atoms with Crippen molar-refractivity contribution in [3.63, 3.8) is 0 Å². The van der Waals surface area contributed by atoms with E-state index in [4.69, 9.17) is 4.42 Å². The second-order valence-corrected chi connectivity index (χ2v) is 4.46. The number of rotatable bonds is 4. The molecule has 0 spiro atoms. The van der Waals surface area contributed by atoms with Crippen molar-refractivity contribution in [3.8, 4) is 11.3 Å². The van der Waals surface area contributed by atoms with Crippen LogP contribution < -0.4 is 5.32 Å². The van der Waals surface area contributed by atoms with Crippen molar-refractivity contribution in [1.29, 1.82) is 0 Å². The molecule has 0 unspecified atom stereocenters. The van der Waals surface area contributed by atoms with Gasteiger partial charge >= 0.3 is 0 Å². The fourth-order valence-electron chi connectivity index (χ4n) is 1.44. The Kier molecular flexibility index (Phi) is 3.91. The van der Waals surface area contributed by atoms with Crippen LogP contribution in [-0.2, 0) is 6.42 Å². The van der Waals surface area contributed by atoms with Gasteiger partial charge in [-0.2, -0.15) is 0 Å². The normalized spacial score (nSPS) is 10.8. The van der Waals surface area contributed by atoms with Gasteiger partial charge in [0.2, 0.25) is 0 Å². The third kappa shape index (κ3) is 2.92. The van der Waals surface area contributed by atoms with Crippen LogP contribution in [0, 0.1) is 5.82 Å². The van der Waals surface area contributed by atoms with Crippen molar-refractivity contribution in [2.45, 2.75) is 6.42 Å². The van der Waals surface area contributed by atoms with E-state index >= 15 is 0 Å². The molecule has 1 heterocycles. The topological polar surface area (TPSA) is 38.1 Å². The molecule has 3 nitrogen and oxygen atoms in total. The molecule has 90 valence electrons. The van der Waals surface area contributed by atoms with Gasteiger partial charge in [-0.1, -0.05) is 0 Å². The third-order valence-electron chi connectivity index (χ3n) is 2.35. The quantitative estimate of drug-likeness (QED) is 0.943. The van der Waals surface area contributed by atoms with Crippen LogP contribution >= 0.6 is 15.9 Å². The molecule has 1 aromatic heterocycles. The highest BCUT2D eigenvalue weighted by Gasteiger charge is 2.08. The molecule has 5 heteroatoms. The summed E-state index contributed by atoms with van der Waals surface area (Å²) >= 11 is 3.11. The lowest BCUT2D eigenvalue weighted by Gasteiger charge is -1.98. The van der Waals surface area contributed by atoms with Gasteiger partial charge in [0, 0.05) is 18.5 Å². The van der Waals surface area contributed by atoms with Crippen LogP contribution in [0.15, 0.2) is 33.3 Å². The van der Waals surface area contributed by atoms with Crippen LogP contribution in [0.1, 0.15) is 5.89 Å². The van der Waals surface area contributed by atoms with E-state index in [2.05, 4.69) is 26.2 Å². The highest BCUT2D eigenvalue weighted by molar-refractivity contribution is 9.10. The van der Waals surface area contributed by atoms with Gasteiger partial charge < -0.3 is 9.73 Å². The summed E-state index contributed by atoms with van der Waals surface area (Å²) < 4.78 is 19.3. The number of aromatic nitrogens is 1. The minimum atomic E-state index is -0.310. The number of oxazole rings is 1. The van der Waals surface area contributed by atoms with E-state index in [9.17, 15) is 4.39 Å². The zero-order valence-electron chi connectivity index (χ0n) is 9.34. The van der Waals surface area contributed by atoms with E-state index < -0.39 is 0 Å². The number of benzene rings is 1. The monoisotopic (exact) mass is 298 g/mol. The Morgan fingerprint density at radius 2 is 2.29 bits per heavy atom. The summed E-state index contributed by atoms with van der Waals surface area (Å²) in [7, 11) is 1.87. The minimum absolute atomic E-state index is 0.310. The molecule has 0 bridgehead atoms. The van der Waals surface area contributed by atoms with E-state index in [1.807, 2.05) is 7.05 Å². The summed E-state index contributed by atoms with van der Waals surface area (Å²) in [5.74, 6) is 0.927. The first-order valence-corrected chi connectivity index (χ1v) is 6.04. The Bertz CT molecular complexity index is 513. The first-order valence-electron chi connectivity index (χ1n) is 5.25. The molecule has 0 radical (unpaired) electrons. The van der Waals surface area contributed by atoms with Gasteiger partial charge in [0.1, 0.15) is 5.82 Å². The molecular formula is C12H12BrFN2O. The van der Waals surface area contributed by atoms with Gasteiger partial charge in [0.25, 0.3) is 0 Å². The van der Waals surface area contributed by atoms with Gasteiger partial charge in [-0.05, 0) is 41.2 Å². The largest absolute Gasteiger partial charge is 0.441 e. The van der Waals surface area contributed by atoms with Crippen molar-refractivity contribution in [2.24, 2.45) is 0 Å². The van der Waals surface area contributed by atoms with E-state index in [0.717, 1.165) is 13.0 Å². The second kappa shape index (κ2) is 5.42. The summed E-state index contributed by atoms with van der Waals surface area (Å²) in [6.45, 7) is 0.800. The molecule has 2 aromatic rings. The van der Waals surface area contributed by atoms with Gasteiger partial charge in [0.05, 0.1) is 10.7 Å². The number of halogens is 2. The average Bonchev–Trinajstić information content (AvgIpc) is 2.79. The van der Waals surface area contributed by atoms with Crippen molar-refractivity contribution in [3.05, 3.63) is 40.6 Å². The molecule has 0 amide bonds. The third-order valence-corrected chi connectivity index (χ3v) is 2.99. The molecule has 0 saturated carbocycles. The smallest absolute Gasteiger partial charge is 0.196 e. The summed E-state index contributed by atoms with van der Waals surface area (Å²) in [4.78, 5) is 4.14. The van der Waals surface area contributed by atoms with Gasteiger partial charge in [0.15, 0.2) is 11.7 Å². The van der Waals surface area contributed by atoms with Crippen LogP contribution in [0.3, 0.4) is 0 Å². The molecule has 1 N–H and O–H groups in total. The second-order valence-electron chi connectivity index (χ2n) is 3.60. The lowest BCUT2D eigenvalue weighted by molar-refractivity contribution is 0.500. The number of hydrogen-bond acceptors (Lipinski definition) is 3. The average molecular weight is 299 g/mol. The Balaban J connectivity index is 2.21. The number of likely N-dealkylation sites (N-methyl/N-ethyl adjacent to an activating group) is 1. The predicted molar refractivity (Wildman–Crippen MR) is 67.2 cm³/mol. The molecule has 0 aliphatic carbocycles. The van der Waals surface area contributed by atoms with E-state index in [0.29, 0.717) is 21.7 Å². The maximum atomic E-state index is 13.4. The molecule has 0 fully saturated rings. The van der Waals surface area contributed by atoms with Crippen LogP contribution in [0.4, 0.5) is 4.39 Å². The Morgan fingerprint density at radius 3 is 3.00 bits per heavy atom. The number of hydrogen-bond donors (Lipinski definition) is 1. The predicted octanol–water partition coefficient (Wildman–Crippen LogP) is 3.01. The van der Waals surface area contributed by atoms with Gasteiger partial charge in [-0.25, -0.2) is 9.37 Å². The Labute approximate surface area is 107 Å². The maximum absolute atomic E-state index is 13.4. The van der Waals surface area contributed by atoms with Crippen LogP contribution in [0.2, 0.25) is 0 Å². The summed E-state index contributed by atoms with van der Waals surface area (Å²) in [6, 6.07) is 4.86. The van der Waals surface area contributed by atoms with Crippen LogP contribution in [0.25, 0.3) is 11.3 Å². The highest BCUT2D eigenvalue weighted by Crippen LogP contribution is 2.25. The van der Waals surface area contributed by atoms with E-state index in [1.165, 1.54) is 6.07 Å². The van der Waals surface area contributed by atoms with E-state index in [-0.39, 0.29) is 5.82 Å². The fraction of sp³-hybridized carbons (Fsp3) is 0.250. The van der Waals surface area contributed by atoms with Gasteiger partial charge in [-0.15, -0.1) is 0 Å². The van der Waals surface area contributed by atoms with Crippen molar-refractivity contribution >= 4 is 15.9 Å². The van der Waals surface area contributed by atoms with Crippen LogP contribution in [-0.4, -0.2) is 18.6 Å². The molecule has 0 atom stereocenters. The summed E-state index contributed by atoms with van der Waals surface area (Å²) in [6.07, 6.45) is 2.34. The first kappa shape index (κ1) is 12.3. The summed E-state index contributed by atoms with van der Waals surface area (Å²) in [5.41, 5.74) is 0.689. The number of nitrogens with one attached hydrogen (secondary N) is 1. The first-order chi connectivity index (χ1) is 8.20. The minimum Gasteiger partial charge on any atom is -0.441 e. The summed E-state index contributed by atoms with van der Waals surface area (Å²) in [5, 5.41) is 3.02. The number of nitrogens with zero attached hydrogens (tertiary/aromatic N) is 1. The molecule has 2 rings (SSSR count). The maximum Gasteiger partial charge on any atom is 0.196 e.